The second kappa shape index (κ2) is 6.74. The number of amides is 4. The van der Waals surface area contributed by atoms with Crippen LogP contribution in [0.25, 0.3) is 0 Å². The van der Waals surface area contributed by atoms with Crippen molar-refractivity contribution in [1.29, 1.82) is 0 Å². The van der Waals surface area contributed by atoms with Crippen LogP contribution in [0.3, 0.4) is 0 Å². The topological polar surface area (TPSA) is 157 Å². The van der Waals surface area contributed by atoms with Gasteiger partial charge in [-0.2, -0.15) is 13.5 Å². The SMILES string of the molecule is O=C(CC1CNC1)NNC(=O)[C@@H]1CC[C@@H]2CN1C(=O)N2OS(=O)(=O)O. The van der Waals surface area contributed by atoms with E-state index in [1.165, 1.54) is 0 Å². The molecule has 2 bridgehead atoms. The van der Waals surface area contributed by atoms with E-state index in [0.29, 0.717) is 17.9 Å². The fraction of sp³-hybridized carbons (Fsp3) is 0.750. The molecule has 25 heavy (non-hydrogen) atoms. The Bertz CT molecular complexity index is 679. The number of carbonyl (C=O) groups is 3. The molecule has 0 saturated carbocycles. The fourth-order valence-corrected chi connectivity index (χ4v) is 3.51. The Morgan fingerprint density at radius 2 is 2.00 bits per heavy atom. The molecule has 0 aliphatic carbocycles. The largest absolute Gasteiger partial charge is 0.418 e. The fourth-order valence-electron chi connectivity index (χ4n) is 3.12. The summed E-state index contributed by atoms with van der Waals surface area (Å²) in [6.45, 7) is 1.61. The third kappa shape index (κ3) is 4.00. The van der Waals surface area contributed by atoms with Crippen LogP contribution in [0, 0.1) is 5.92 Å². The summed E-state index contributed by atoms with van der Waals surface area (Å²) in [5, 5.41) is 3.60. The van der Waals surface area contributed by atoms with E-state index in [0.717, 1.165) is 18.0 Å². The average molecular weight is 377 g/mol. The smallest absolute Gasteiger partial charge is 0.316 e. The Morgan fingerprint density at radius 3 is 2.60 bits per heavy atom. The maximum Gasteiger partial charge on any atom is 0.418 e. The van der Waals surface area contributed by atoms with Crippen molar-refractivity contribution in [2.24, 2.45) is 5.92 Å². The maximum absolute atomic E-state index is 12.2. The number of urea groups is 1. The zero-order chi connectivity index (χ0) is 18.2. The highest BCUT2D eigenvalue weighted by molar-refractivity contribution is 7.80. The Morgan fingerprint density at radius 1 is 1.28 bits per heavy atom. The van der Waals surface area contributed by atoms with E-state index in [2.05, 4.69) is 20.5 Å². The monoisotopic (exact) mass is 377 g/mol. The summed E-state index contributed by atoms with van der Waals surface area (Å²) >= 11 is 0. The van der Waals surface area contributed by atoms with Gasteiger partial charge in [0.05, 0.1) is 6.04 Å². The van der Waals surface area contributed by atoms with Gasteiger partial charge in [-0.05, 0) is 31.8 Å². The van der Waals surface area contributed by atoms with Crippen LogP contribution >= 0.6 is 0 Å². The van der Waals surface area contributed by atoms with Crippen LogP contribution in [0.15, 0.2) is 0 Å². The third-order valence-electron chi connectivity index (χ3n) is 4.47. The second-order valence-electron chi connectivity index (χ2n) is 6.28. The number of nitrogens with one attached hydrogen (secondary N) is 3. The standard InChI is InChI=1S/C12H19N5O7S/c18-10(3-7-4-13-5-7)14-15-11(19)9-2-1-8-6-16(9)12(20)17(8)24-25(21,22)23/h7-9,13H,1-6H2,(H,14,18)(H,15,19)(H,21,22,23)/t8-,9+/m1/s1. The zero-order valence-corrected chi connectivity index (χ0v) is 14.0. The number of nitrogens with zero attached hydrogens (tertiary/aromatic N) is 2. The molecular formula is C12H19N5O7S. The number of hydroxylamine groups is 2. The van der Waals surface area contributed by atoms with Crippen molar-refractivity contribution < 1.29 is 31.6 Å². The lowest BCUT2D eigenvalue weighted by Crippen LogP contribution is -2.55. The summed E-state index contributed by atoms with van der Waals surface area (Å²) < 4.78 is 34.7. The van der Waals surface area contributed by atoms with Gasteiger partial charge in [-0.1, -0.05) is 0 Å². The number of carbonyl (C=O) groups excluding carboxylic acids is 3. The molecule has 12 nitrogen and oxygen atoms in total. The zero-order valence-electron chi connectivity index (χ0n) is 13.2. The minimum atomic E-state index is -4.83. The summed E-state index contributed by atoms with van der Waals surface area (Å²) in [5.74, 6) is -0.642. The third-order valence-corrected chi connectivity index (χ3v) is 4.81. The van der Waals surface area contributed by atoms with Crippen LogP contribution in [0.1, 0.15) is 19.3 Å². The van der Waals surface area contributed by atoms with E-state index < -0.39 is 34.4 Å². The van der Waals surface area contributed by atoms with Crippen LogP contribution < -0.4 is 16.2 Å². The van der Waals surface area contributed by atoms with Gasteiger partial charge in [-0.15, -0.1) is 4.28 Å². The molecule has 13 heteroatoms. The predicted octanol–water partition coefficient (Wildman–Crippen LogP) is -2.25. The van der Waals surface area contributed by atoms with Gasteiger partial charge in [0.25, 0.3) is 5.91 Å². The van der Waals surface area contributed by atoms with Gasteiger partial charge < -0.3 is 10.2 Å². The number of rotatable bonds is 5. The molecule has 140 valence electrons. The van der Waals surface area contributed by atoms with Gasteiger partial charge in [0, 0.05) is 13.0 Å². The van der Waals surface area contributed by atoms with Gasteiger partial charge in [0.2, 0.25) is 5.91 Å². The van der Waals surface area contributed by atoms with Crippen molar-refractivity contribution in [2.75, 3.05) is 19.6 Å². The molecule has 4 amide bonds. The lowest BCUT2D eigenvalue weighted by Gasteiger charge is -2.29. The first-order valence-corrected chi connectivity index (χ1v) is 9.17. The lowest BCUT2D eigenvalue weighted by molar-refractivity contribution is -0.132. The first-order valence-electron chi connectivity index (χ1n) is 7.81. The molecular weight excluding hydrogens is 358 g/mol. The number of piperidine rings is 1. The molecule has 0 aromatic rings. The molecule has 2 atom stereocenters. The molecule has 3 saturated heterocycles. The average Bonchev–Trinajstić information content (AvgIpc) is 2.72. The highest BCUT2D eigenvalue weighted by atomic mass is 32.3. The highest BCUT2D eigenvalue weighted by Gasteiger charge is 2.49. The van der Waals surface area contributed by atoms with Crippen molar-refractivity contribution in [3.8, 4) is 0 Å². The Kier molecular flexibility index (Phi) is 4.81. The van der Waals surface area contributed by atoms with Gasteiger partial charge in [0.15, 0.2) is 0 Å². The predicted molar refractivity (Wildman–Crippen MR) is 80.6 cm³/mol. The molecule has 0 aromatic heterocycles. The van der Waals surface area contributed by atoms with Crippen LogP contribution in [0.5, 0.6) is 0 Å². The van der Waals surface area contributed by atoms with Crippen molar-refractivity contribution in [3.05, 3.63) is 0 Å². The minimum absolute atomic E-state index is 0.0914. The number of hydrazine groups is 1. The first-order chi connectivity index (χ1) is 11.7. The van der Waals surface area contributed by atoms with Gasteiger partial charge >= 0.3 is 16.4 Å². The summed E-state index contributed by atoms with van der Waals surface area (Å²) in [7, 11) is -4.83. The van der Waals surface area contributed by atoms with E-state index in [4.69, 9.17) is 4.55 Å². The Labute approximate surface area is 143 Å². The molecule has 3 heterocycles. The number of hydrogen-bond acceptors (Lipinski definition) is 7. The summed E-state index contributed by atoms with van der Waals surface area (Å²) in [5.41, 5.74) is 4.61. The highest BCUT2D eigenvalue weighted by Crippen LogP contribution is 2.30. The van der Waals surface area contributed by atoms with E-state index in [1.54, 1.807) is 0 Å². The summed E-state index contributed by atoms with van der Waals surface area (Å²) in [6.07, 6.45) is 0.881. The number of fused-ring (bicyclic) bond motifs is 2. The van der Waals surface area contributed by atoms with Gasteiger partial charge in [0.1, 0.15) is 6.04 Å². The normalized spacial score (nSPS) is 26.4. The van der Waals surface area contributed by atoms with Gasteiger partial charge in [-0.25, -0.2) is 4.79 Å². The van der Waals surface area contributed by atoms with Crippen molar-refractivity contribution >= 4 is 28.2 Å². The Hall–Kier alpha value is -1.96. The van der Waals surface area contributed by atoms with Crippen molar-refractivity contribution in [2.45, 2.75) is 31.3 Å². The Balaban J connectivity index is 1.54. The molecule has 3 fully saturated rings. The molecule has 3 aliphatic rings. The van der Waals surface area contributed by atoms with E-state index in [-0.39, 0.29) is 24.8 Å². The maximum atomic E-state index is 12.2. The van der Waals surface area contributed by atoms with Crippen molar-refractivity contribution in [1.82, 2.24) is 26.1 Å². The van der Waals surface area contributed by atoms with E-state index in [1.807, 2.05) is 0 Å². The molecule has 0 radical (unpaired) electrons. The summed E-state index contributed by atoms with van der Waals surface area (Å²) in [4.78, 5) is 37.3. The molecule has 3 aliphatic heterocycles. The van der Waals surface area contributed by atoms with E-state index in [9.17, 15) is 22.8 Å². The molecule has 3 rings (SSSR count). The molecule has 0 unspecified atom stereocenters. The quantitative estimate of drug-likeness (QED) is 0.309. The number of hydrogen-bond donors (Lipinski definition) is 4. The van der Waals surface area contributed by atoms with Crippen molar-refractivity contribution in [3.63, 3.8) is 0 Å². The molecule has 0 aromatic carbocycles. The molecule has 0 spiro atoms. The van der Waals surface area contributed by atoms with Crippen LogP contribution in [-0.4, -0.2) is 72.5 Å². The second-order valence-corrected chi connectivity index (χ2v) is 7.28. The minimum Gasteiger partial charge on any atom is -0.316 e. The lowest BCUT2D eigenvalue weighted by atomic mass is 9.99. The first kappa shape index (κ1) is 17.8. The van der Waals surface area contributed by atoms with Gasteiger partial charge in [-0.3, -0.25) is 25.0 Å². The van der Waals surface area contributed by atoms with Crippen LogP contribution in [0.4, 0.5) is 4.79 Å². The van der Waals surface area contributed by atoms with Crippen LogP contribution in [0.2, 0.25) is 0 Å². The van der Waals surface area contributed by atoms with E-state index >= 15 is 0 Å². The molecule has 4 N–H and O–H groups in total. The summed E-state index contributed by atoms with van der Waals surface area (Å²) in [6, 6.07) is -2.25. The van der Waals surface area contributed by atoms with Crippen LogP contribution in [-0.2, 0) is 24.3 Å².